The van der Waals surface area contributed by atoms with E-state index in [1.54, 1.807) is 6.07 Å². The van der Waals surface area contributed by atoms with Crippen LogP contribution in [0.15, 0.2) is 54.6 Å². The molecule has 0 saturated carbocycles. The number of aliphatic carboxylic acids is 1. The number of para-hydroxylation sites is 1. The van der Waals surface area contributed by atoms with Gasteiger partial charge in [-0.05, 0) is 29.8 Å². The highest BCUT2D eigenvalue weighted by Gasteiger charge is 2.21. The number of halogens is 2. The lowest BCUT2D eigenvalue weighted by Crippen LogP contribution is -2.43. The van der Waals surface area contributed by atoms with Crippen molar-refractivity contribution >= 4 is 22.8 Å². The van der Waals surface area contributed by atoms with Crippen molar-refractivity contribution in [3.8, 4) is 0 Å². The van der Waals surface area contributed by atoms with E-state index in [0.717, 1.165) is 23.0 Å². The van der Waals surface area contributed by atoms with Gasteiger partial charge in [0.05, 0.1) is 11.9 Å². The van der Waals surface area contributed by atoms with E-state index in [-0.39, 0.29) is 18.4 Å². The summed E-state index contributed by atoms with van der Waals surface area (Å²) in [6.45, 7) is 0. The second-order valence-corrected chi connectivity index (χ2v) is 6.11. The summed E-state index contributed by atoms with van der Waals surface area (Å²) in [7, 11) is 0. The SMILES string of the molecule is O=C(Cc1cc(F)cc(F)c1)N[C@H](Cc1ccc2ccccc2n1)C(=O)O. The van der Waals surface area contributed by atoms with Crippen LogP contribution in [0.2, 0.25) is 0 Å². The predicted molar refractivity (Wildman–Crippen MR) is 95.1 cm³/mol. The summed E-state index contributed by atoms with van der Waals surface area (Å²) in [6, 6.07) is 12.5. The zero-order valence-corrected chi connectivity index (χ0v) is 14.2. The van der Waals surface area contributed by atoms with Crippen LogP contribution in [0.5, 0.6) is 0 Å². The smallest absolute Gasteiger partial charge is 0.326 e. The Labute approximate surface area is 153 Å². The highest BCUT2D eigenvalue weighted by molar-refractivity contribution is 5.85. The summed E-state index contributed by atoms with van der Waals surface area (Å²) >= 11 is 0. The molecule has 3 rings (SSSR count). The number of carbonyl (C=O) groups is 2. The molecule has 0 bridgehead atoms. The standard InChI is InChI=1S/C20H16F2N2O3/c21-14-7-12(8-15(22)10-14)9-19(25)24-18(20(26)27)11-16-6-5-13-3-1-2-4-17(13)23-16/h1-8,10,18H,9,11H2,(H,24,25)(H,26,27)/t18-/m1/s1. The summed E-state index contributed by atoms with van der Waals surface area (Å²) in [4.78, 5) is 28.0. The van der Waals surface area contributed by atoms with Gasteiger partial charge in [0.2, 0.25) is 5.91 Å². The van der Waals surface area contributed by atoms with E-state index in [4.69, 9.17) is 0 Å². The van der Waals surface area contributed by atoms with E-state index in [0.29, 0.717) is 11.8 Å². The van der Waals surface area contributed by atoms with Gasteiger partial charge in [0.25, 0.3) is 0 Å². The number of fused-ring (bicyclic) bond motifs is 1. The third-order valence-electron chi connectivity index (χ3n) is 3.99. The Morgan fingerprint density at radius 3 is 2.44 bits per heavy atom. The van der Waals surface area contributed by atoms with Gasteiger partial charge in [-0.2, -0.15) is 0 Å². The van der Waals surface area contributed by atoms with Crippen molar-refractivity contribution in [3.05, 3.63) is 77.5 Å². The molecule has 1 atom stereocenters. The summed E-state index contributed by atoms with van der Waals surface area (Å²) < 4.78 is 26.4. The monoisotopic (exact) mass is 370 g/mol. The van der Waals surface area contributed by atoms with Crippen LogP contribution in [0.25, 0.3) is 10.9 Å². The Morgan fingerprint density at radius 1 is 1.04 bits per heavy atom. The molecule has 2 N–H and O–H groups in total. The molecule has 0 aliphatic rings. The molecule has 2 aromatic carbocycles. The zero-order valence-electron chi connectivity index (χ0n) is 14.2. The molecule has 138 valence electrons. The molecule has 0 unspecified atom stereocenters. The summed E-state index contributed by atoms with van der Waals surface area (Å²) in [6.07, 6.45) is -0.340. The van der Waals surface area contributed by atoms with Crippen molar-refractivity contribution in [2.45, 2.75) is 18.9 Å². The maximum Gasteiger partial charge on any atom is 0.326 e. The molecule has 0 saturated heterocycles. The number of benzene rings is 2. The van der Waals surface area contributed by atoms with Crippen molar-refractivity contribution in [1.82, 2.24) is 10.3 Å². The number of nitrogens with zero attached hydrogens (tertiary/aromatic N) is 1. The van der Waals surface area contributed by atoms with Crippen molar-refractivity contribution in [1.29, 1.82) is 0 Å². The molecule has 0 radical (unpaired) electrons. The van der Waals surface area contributed by atoms with Gasteiger partial charge in [0.15, 0.2) is 0 Å². The summed E-state index contributed by atoms with van der Waals surface area (Å²) in [5, 5.41) is 12.7. The topological polar surface area (TPSA) is 79.3 Å². The van der Waals surface area contributed by atoms with Crippen LogP contribution in [-0.2, 0) is 22.4 Å². The molecule has 0 aliphatic carbocycles. The molecule has 3 aromatic rings. The van der Waals surface area contributed by atoms with Gasteiger partial charge in [0, 0.05) is 23.6 Å². The molecule has 1 aromatic heterocycles. The fourth-order valence-electron chi connectivity index (χ4n) is 2.77. The van der Waals surface area contributed by atoms with Gasteiger partial charge in [0.1, 0.15) is 17.7 Å². The first-order valence-corrected chi connectivity index (χ1v) is 8.22. The van der Waals surface area contributed by atoms with E-state index in [2.05, 4.69) is 10.3 Å². The van der Waals surface area contributed by atoms with Crippen LogP contribution in [0.3, 0.4) is 0 Å². The molecule has 5 nitrogen and oxygen atoms in total. The molecule has 0 aliphatic heterocycles. The van der Waals surface area contributed by atoms with Crippen LogP contribution < -0.4 is 5.32 Å². The van der Waals surface area contributed by atoms with E-state index in [1.807, 2.05) is 30.3 Å². The molecule has 1 heterocycles. The lowest BCUT2D eigenvalue weighted by Gasteiger charge is -2.14. The van der Waals surface area contributed by atoms with Gasteiger partial charge in [-0.15, -0.1) is 0 Å². The maximum atomic E-state index is 13.2. The third-order valence-corrected chi connectivity index (χ3v) is 3.99. The minimum atomic E-state index is -1.22. The first-order valence-electron chi connectivity index (χ1n) is 8.22. The fourth-order valence-corrected chi connectivity index (χ4v) is 2.77. The average molecular weight is 370 g/mol. The molecule has 1 amide bonds. The van der Waals surface area contributed by atoms with Crippen LogP contribution >= 0.6 is 0 Å². The van der Waals surface area contributed by atoms with Gasteiger partial charge in [-0.1, -0.05) is 24.3 Å². The Morgan fingerprint density at radius 2 is 1.74 bits per heavy atom. The minimum absolute atomic E-state index is 0.0105. The van der Waals surface area contributed by atoms with Crippen LogP contribution in [-0.4, -0.2) is 28.0 Å². The van der Waals surface area contributed by atoms with Crippen molar-refractivity contribution in [3.63, 3.8) is 0 Å². The average Bonchev–Trinajstić information content (AvgIpc) is 2.60. The second kappa shape index (κ2) is 7.90. The molecular formula is C20H16F2N2O3. The Kier molecular flexibility index (Phi) is 5.40. The Bertz CT molecular complexity index is 987. The van der Waals surface area contributed by atoms with Gasteiger partial charge in [-0.3, -0.25) is 9.78 Å². The van der Waals surface area contributed by atoms with Gasteiger partial charge in [-0.25, -0.2) is 13.6 Å². The van der Waals surface area contributed by atoms with Crippen molar-refractivity contribution in [2.75, 3.05) is 0 Å². The predicted octanol–water partition coefficient (Wildman–Crippen LogP) is 2.87. The number of rotatable bonds is 6. The summed E-state index contributed by atoms with van der Waals surface area (Å²) in [5.74, 6) is -3.46. The lowest BCUT2D eigenvalue weighted by atomic mass is 10.1. The third kappa shape index (κ3) is 4.84. The van der Waals surface area contributed by atoms with Gasteiger partial charge >= 0.3 is 5.97 Å². The van der Waals surface area contributed by atoms with Crippen molar-refractivity contribution < 1.29 is 23.5 Å². The van der Waals surface area contributed by atoms with Gasteiger partial charge < -0.3 is 10.4 Å². The molecule has 27 heavy (non-hydrogen) atoms. The molecule has 0 spiro atoms. The number of amides is 1. The molecule has 0 fully saturated rings. The number of aromatic nitrogens is 1. The van der Waals surface area contributed by atoms with E-state index in [9.17, 15) is 23.5 Å². The zero-order chi connectivity index (χ0) is 19.4. The largest absolute Gasteiger partial charge is 0.480 e. The highest BCUT2D eigenvalue weighted by Crippen LogP contribution is 2.13. The fraction of sp³-hybridized carbons (Fsp3) is 0.150. The van der Waals surface area contributed by atoms with Crippen LogP contribution in [0, 0.1) is 11.6 Å². The number of nitrogens with one attached hydrogen (secondary N) is 1. The maximum absolute atomic E-state index is 13.2. The number of hydrogen-bond acceptors (Lipinski definition) is 3. The van der Waals surface area contributed by atoms with Crippen LogP contribution in [0.1, 0.15) is 11.3 Å². The molecule has 7 heteroatoms. The Hall–Kier alpha value is -3.35. The number of carboxylic acids is 1. The quantitative estimate of drug-likeness (QED) is 0.699. The number of hydrogen-bond donors (Lipinski definition) is 2. The first kappa shape index (κ1) is 18.4. The highest BCUT2D eigenvalue weighted by atomic mass is 19.1. The van der Waals surface area contributed by atoms with E-state index >= 15 is 0 Å². The Balaban J connectivity index is 1.71. The van der Waals surface area contributed by atoms with Crippen LogP contribution in [0.4, 0.5) is 8.78 Å². The first-order chi connectivity index (χ1) is 12.9. The number of carbonyl (C=O) groups excluding carboxylic acids is 1. The molecular weight excluding hydrogens is 354 g/mol. The normalized spacial score (nSPS) is 11.9. The summed E-state index contributed by atoms with van der Waals surface area (Å²) in [5.41, 5.74) is 1.36. The van der Waals surface area contributed by atoms with E-state index in [1.165, 1.54) is 0 Å². The minimum Gasteiger partial charge on any atom is -0.480 e. The number of carboxylic acid groups (broad SMARTS) is 1. The van der Waals surface area contributed by atoms with Crippen molar-refractivity contribution in [2.24, 2.45) is 0 Å². The lowest BCUT2D eigenvalue weighted by molar-refractivity contribution is -0.141. The van der Waals surface area contributed by atoms with E-state index < -0.39 is 29.6 Å². The second-order valence-electron chi connectivity index (χ2n) is 6.11. The number of pyridine rings is 1.